The molecule has 2 N–H and O–H groups in total. The SMILES string of the molecule is C[C@H](Nc1ccc(S(=O)(=O)N2CCOCC2)c[nH+]1)c1ccco1. The van der Waals surface area contributed by atoms with E-state index in [4.69, 9.17) is 9.15 Å². The number of aromatic amines is 1. The van der Waals surface area contributed by atoms with E-state index in [2.05, 4.69) is 10.3 Å². The van der Waals surface area contributed by atoms with Crippen molar-refractivity contribution >= 4 is 15.8 Å². The van der Waals surface area contributed by atoms with Crippen LogP contribution in [0.25, 0.3) is 0 Å². The minimum Gasteiger partial charge on any atom is -0.465 e. The molecule has 1 saturated heterocycles. The quantitative estimate of drug-likeness (QED) is 0.888. The van der Waals surface area contributed by atoms with Crippen molar-refractivity contribution in [3.8, 4) is 0 Å². The third kappa shape index (κ3) is 3.54. The minimum absolute atomic E-state index is 0.0250. The normalized spacial score (nSPS) is 17.8. The van der Waals surface area contributed by atoms with Crippen molar-refractivity contribution in [3.63, 3.8) is 0 Å². The predicted molar refractivity (Wildman–Crippen MR) is 83.3 cm³/mol. The number of furan rings is 1. The average molecular weight is 338 g/mol. The van der Waals surface area contributed by atoms with Gasteiger partial charge in [0.25, 0.3) is 5.82 Å². The summed E-state index contributed by atoms with van der Waals surface area (Å²) in [6, 6.07) is 7.00. The van der Waals surface area contributed by atoms with Gasteiger partial charge in [-0.05, 0) is 25.1 Å². The first-order valence-corrected chi connectivity index (χ1v) is 8.91. The molecular formula is C15H20N3O4S+. The zero-order valence-corrected chi connectivity index (χ0v) is 13.7. The van der Waals surface area contributed by atoms with Crippen molar-refractivity contribution in [3.05, 3.63) is 42.5 Å². The first-order chi connectivity index (χ1) is 11.1. The number of aromatic nitrogens is 1. The summed E-state index contributed by atoms with van der Waals surface area (Å²) < 4.78 is 37.0. The van der Waals surface area contributed by atoms with Gasteiger partial charge >= 0.3 is 0 Å². The number of ether oxygens (including phenoxy) is 1. The number of hydrogen-bond donors (Lipinski definition) is 1. The first kappa shape index (κ1) is 16.0. The Hall–Kier alpha value is -1.90. The van der Waals surface area contributed by atoms with E-state index in [1.165, 1.54) is 10.5 Å². The zero-order chi connectivity index (χ0) is 16.3. The highest BCUT2D eigenvalue weighted by Crippen LogP contribution is 2.19. The lowest BCUT2D eigenvalue weighted by molar-refractivity contribution is -0.364. The molecule has 8 heteroatoms. The van der Waals surface area contributed by atoms with Crippen molar-refractivity contribution < 1.29 is 22.6 Å². The van der Waals surface area contributed by atoms with Crippen LogP contribution in [0.5, 0.6) is 0 Å². The molecule has 0 spiro atoms. The van der Waals surface area contributed by atoms with Crippen LogP contribution in [-0.4, -0.2) is 39.0 Å². The maximum absolute atomic E-state index is 12.5. The molecule has 0 bridgehead atoms. The molecule has 2 aromatic rings. The summed E-state index contributed by atoms with van der Waals surface area (Å²) in [7, 11) is -3.47. The number of morpholine rings is 1. The van der Waals surface area contributed by atoms with Crippen molar-refractivity contribution in [2.75, 3.05) is 31.6 Å². The van der Waals surface area contributed by atoms with Gasteiger partial charge in [0.05, 0.1) is 19.5 Å². The Morgan fingerprint density at radius 3 is 2.65 bits per heavy atom. The van der Waals surface area contributed by atoms with E-state index in [0.717, 1.165) is 11.6 Å². The number of sulfonamides is 1. The summed E-state index contributed by atoms with van der Waals surface area (Å²) in [5.41, 5.74) is 0. The number of nitrogens with zero attached hydrogens (tertiary/aromatic N) is 1. The van der Waals surface area contributed by atoms with Gasteiger partial charge in [-0.15, -0.1) is 0 Å². The van der Waals surface area contributed by atoms with E-state index in [0.29, 0.717) is 26.3 Å². The topological polar surface area (TPSA) is 85.9 Å². The molecule has 0 saturated carbocycles. The second kappa shape index (κ2) is 6.69. The van der Waals surface area contributed by atoms with Crippen LogP contribution in [0.3, 0.4) is 0 Å². The summed E-state index contributed by atoms with van der Waals surface area (Å²) >= 11 is 0. The highest BCUT2D eigenvalue weighted by molar-refractivity contribution is 7.89. The Labute approximate surface area is 135 Å². The average Bonchev–Trinajstić information content (AvgIpc) is 3.11. The molecule has 1 aliphatic rings. The van der Waals surface area contributed by atoms with Crippen LogP contribution in [0.2, 0.25) is 0 Å². The molecule has 1 atom stereocenters. The maximum Gasteiger partial charge on any atom is 0.272 e. The van der Waals surface area contributed by atoms with Crippen LogP contribution < -0.4 is 10.3 Å². The number of anilines is 1. The monoisotopic (exact) mass is 338 g/mol. The number of hydrogen-bond acceptors (Lipinski definition) is 5. The number of rotatable bonds is 5. The molecule has 23 heavy (non-hydrogen) atoms. The molecule has 3 rings (SSSR count). The standard InChI is InChI=1S/C15H19N3O4S/c1-12(14-3-2-8-22-14)17-15-5-4-13(11-16-15)23(19,20)18-6-9-21-10-7-18/h2-5,8,11-12H,6-7,9-10H2,1H3,(H,16,17)/p+1/t12-/m0/s1. The van der Waals surface area contributed by atoms with Gasteiger partial charge in [0.1, 0.15) is 22.9 Å². The smallest absolute Gasteiger partial charge is 0.272 e. The fourth-order valence-electron chi connectivity index (χ4n) is 2.44. The Balaban J connectivity index is 1.71. The van der Waals surface area contributed by atoms with Crippen molar-refractivity contribution in [1.29, 1.82) is 0 Å². The lowest BCUT2D eigenvalue weighted by Crippen LogP contribution is -2.40. The highest BCUT2D eigenvalue weighted by atomic mass is 32.2. The van der Waals surface area contributed by atoms with Crippen LogP contribution in [-0.2, 0) is 14.8 Å². The highest BCUT2D eigenvalue weighted by Gasteiger charge is 2.27. The van der Waals surface area contributed by atoms with Gasteiger partial charge in [-0.1, -0.05) is 0 Å². The Morgan fingerprint density at radius 1 is 1.26 bits per heavy atom. The van der Waals surface area contributed by atoms with Gasteiger partial charge in [-0.25, -0.2) is 13.4 Å². The first-order valence-electron chi connectivity index (χ1n) is 7.47. The molecule has 1 aliphatic heterocycles. The van der Waals surface area contributed by atoms with Crippen molar-refractivity contribution in [2.45, 2.75) is 17.9 Å². The summed E-state index contributed by atoms with van der Waals surface area (Å²) in [4.78, 5) is 3.23. The van der Waals surface area contributed by atoms with E-state index in [9.17, 15) is 8.42 Å². The second-order valence-electron chi connectivity index (χ2n) is 5.34. The van der Waals surface area contributed by atoms with Gasteiger partial charge in [0.15, 0.2) is 0 Å². The Bertz CT molecular complexity index is 723. The second-order valence-corrected chi connectivity index (χ2v) is 7.27. The van der Waals surface area contributed by atoms with Crippen molar-refractivity contribution in [2.24, 2.45) is 0 Å². The fourth-order valence-corrected chi connectivity index (χ4v) is 3.81. The molecule has 3 heterocycles. The number of pyridine rings is 1. The third-order valence-corrected chi connectivity index (χ3v) is 5.63. The van der Waals surface area contributed by atoms with Crippen LogP contribution in [0.1, 0.15) is 18.7 Å². The van der Waals surface area contributed by atoms with E-state index in [1.54, 1.807) is 18.4 Å². The van der Waals surface area contributed by atoms with Gasteiger partial charge in [0.2, 0.25) is 10.0 Å². The van der Waals surface area contributed by atoms with Gasteiger partial charge in [-0.2, -0.15) is 4.31 Å². The number of nitrogens with one attached hydrogen (secondary N) is 2. The van der Waals surface area contributed by atoms with Crippen LogP contribution >= 0.6 is 0 Å². The molecule has 2 aromatic heterocycles. The summed E-state index contributed by atoms with van der Waals surface area (Å²) in [5.74, 6) is 1.53. The van der Waals surface area contributed by atoms with Gasteiger partial charge < -0.3 is 9.15 Å². The maximum atomic E-state index is 12.5. The molecule has 0 unspecified atom stereocenters. The summed E-state index contributed by atoms with van der Waals surface area (Å²) in [6.07, 6.45) is 3.12. The van der Waals surface area contributed by atoms with Crippen LogP contribution in [0.15, 0.2) is 46.0 Å². The van der Waals surface area contributed by atoms with Crippen molar-refractivity contribution in [1.82, 2.24) is 4.31 Å². The van der Waals surface area contributed by atoms with E-state index < -0.39 is 10.0 Å². The largest absolute Gasteiger partial charge is 0.465 e. The predicted octanol–water partition coefficient (Wildman–Crippen LogP) is 1.29. The summed E-state index contributed by atoms with van der Waals surface area (Å²) in [6.45, 7) is 3.60. The molecule has 0 amide bonds. The Morgan fingerprint density at radius 2 is 2.04 bits per heavy atom. The lowest BCUT2D eigenvalue weighted by Gasteiger charge is -2.25. The molecule has 0 aliphatic carbocycles. The van der Waals surface area contributed by atoms with Crippen LogP contribution in [0, 0.1) is 0 Å². The lowest BCUT2D eigenvalue weighted by atomic mass is 10.2. The molecule has 0 aromatic carbocycles. The minimum atomic E-state index is -3.47. The molecule has 124 valence electrons. The zero-order valence-electron chi connectivity index (χ0n) is 12.9. The Kier molecular flexibility index (Phi) is 4.65. The van der Waals surface area contributed by atoms with E-state index >= 15 is 0 Å². The van der Waals surface area contributed by atoms with Gasteiger partial charge in [-0.3, -0.25) is 5.32 Å². The molecule has 7 nitrogen and oxygen atoms in total. The molecule has 1 fully saturated rings. The third-order valence-electron chi connectivity index (χ3n) is 3.73. The van der Waals surface area contributed by atoms with Crippen LogP contribution in [0.4, 0.5) is 5.82 Å². The number of H-pyrrole nitrogens is 1. The van der Waals surface area contributed by atoms with E-state index in [1.807, 2.05) is 19.1 Å². The summed E-state index contributed by atoms with van der Waals surface area (Å²) in [5, 5.41) is 3.22. The molecular weight excluding hydrogens is 318 g/mol. The van der Waals surface area contributed by atoms with Gasteiger partial charge in [0, 0.05) is 19.2 Å². The van der Waals surface area contributed by atoms with E-state index in [-0.39, 0.29) is 10.9 Å². The molecule has 0 radical (unpaired) electrons. The fraction of sp³-hybridized carbons (Fsp3) is 0.400.